The topological polar surface area (TPSA) is 37.3 Å². The number of carbonyl (C=O) groups is 1. The molecule has 0 bridgehead atoms. The molecule has 0 saturated heterocycles. The van der Waals surface area contributed by atoms with Crippen molar-refractivity contribution >= 4 is 5.78 Å². The quantitative estimate of drug-likeness (QED) is 0.217. The van der Waals surface area contributed by atoms with Gasteiger partial charge in [-0.05, 0) is 39.5 Å². The third-order valence-corrected chi connectivity index (χ3v) is 2.42. The Labute approximate surface area is 163 Å². The smallest absolute Gasteiger partial charge is 0.417 e. The van der Waals surface area contributed by atoms with Gasteiger partial charge in [0.2, 0.25) is 0 Å². The number of aliphatic hydroxyl groups is 1. The molecular weight excluding hydrogens is 453 g/mol. The second-order valence-corrected chi connectivity index (χ2v) is 5.10. The summed E-state index contributed by atoms with van der Waals surface area (Å²) < 4.78 is 65.5. The van der Waals surface area contributed by atoms with Crippen LogP contribution in [0.1, 0.15) is 52.4 Å². The van der Waals surface area contributed by atoms with Crippen molar-refractivity contribution in [1.29, 1.82) is 0 Å². The van der Waals surface area contributed by atoms with E-state index in [9.17, 15) is 31.1 Å². The maximum absolute atomic E-state index is 10.9. The molecule has 0 unspecified atom stereocenters. The fourth-order valence-corrected chi connectivity index (χ4v) is 1.55. The van der Waals surface area contributed by atoms with Crippen LogP contribution in [0, 0.1) is 25.0 Å². The first-order chi connectivity index (χ1) is 11.3. The van der Waals surface area contributed by atoms with E-state index in [0.29, 0.717) is 0 Å². The van der Waals surface area contributed by atoms with Crippen LogP contribution < -0.4 is 0 Å². The van der Waals surface area contributed by atoms with Crippen LogP contribution in [0.5, 0.6) is 0 Å². The monoisotopic (exact) mass is 475 g/mol. The number of alkyl halides is 6. The second kappa shape index (κ2) is 16.3. The van der Waals surface area contributed by atoms with Gasteiger partial charge in [-0.2, -0.15) is 26.3 Å². The zero-order chi connectivity index (χ0) is 19.9. The van der Waals surface area contributed by atoms with Crippen molar-refractivity contribution in [2.24, 2.45) is 0 Å². The Kier molecular flexibility index (Phi) is 18.8. The third-order valence-electron chi connectivity index (χ3n) is 2.42. The Morgan fingerprint density at radius 2 is 1.23 bits per heavy atom. The first-order valence-electron chi connectivity index (χ1n) is 7.54. The summed E-state index contributed by atoms with van der Waals surface area (Å²) in [4.78, 5) is 10.0. The predicted molar refractivity (Wildman–Crippen MR) is 82.0 cm³/mol. The van der Waals surface area contributed by atoms with Gasteiger partial charge in [0.15, 0.2) is 5.78 Å². The summed E-state index contributed by atoms with van der Waals surface area (Å²) in [5.41, 5.74) is 0. The average Bonchev–Trinajstić information content (AvgIpc) is 2.33. The standard InChI is InChI=1S/C8H14.C5H8O2.C4F6.Rh/c1-2-4-6-8-7-5-3-1;1-4(6)3-5(2)7;5-3(6,7)1-2-4(8,9)10;/h1-2H,3-8H2;3,6H,1-2H3;;/b;4-3-;;. The van der Waals surface area contributed by atoms with Crippen molar-refractivity contribution in [3.8, 4) is 0 Å². The molecule has 0 amide bonds. The van der Waals surface area contributed by atoms with Gasteiger partial charge in [0.1, 0.15) is 0 Å². The Bertz CT molecular complexity index is 370. The summed E-state index contributed by atoms with van der Waals surface area (Å²) in [6.07, 6.45) is 4.19. The van der Waals surface area contributed by atoms with E-state index < -0.39 is 12.4 Å². The van der Waals surface area contributed by atoms with E-state index in [1.807, 2.05) is 0 Å². The molecule has 0 aromatic carbocycles. The molecule has 0 atom stereocenters. The van der Waals surface area contributed by atoms with E-state index in [4.69, 9.17) is 5.11 Å². The van der Waals surface area contributed by atoms with Crippen LogP contribution in [-0.4, -0.2) is 23.2 Å². The van der Waals surface area contributed by atoms with E-state index in [1.54, 1.807) is 0 Å². The molecule has 1 aliphatic carbocycles. The molecule has 0 aromatic heterocycles. The minimum absolute atomic E-state index is 0. The van der Waals surface area contributed by atoms with E-state index >= 15 is 0 Å². The molecule has 1 rings (SSSR count). The molecule has 9 heteroatoms. The van der Waals surface area contributed by atoms with Gasteiger partial charge in [-0.15, -0.1) is 0 Å². The average molecular weight is 475 g/mol. The van der Waals surface area contributed by atoms with Crippen molar-refractivity contribution in [3.63, 3.8) is 0 Å². The summed E-state index contributed by atoms with van der Waals surface area (Å²) in [6.45, 7) is 2.85. The Hall–Kier alpha value is -0.847. The van der Waals surface area contributed by atoms with E-state index in [1.165, 1.54) is 58.4 Å². The molecule has 0 spiro atoms. The maximum Gasteiger partial charge on any atom is 0.417 e. The number of halogens is 6. The van der Waals surface area contributed by atoms with Crippen molar-refractivity contribution in [1.82, 2.24) is 0 Å². The van der Waals surface area contributed by atoms with Crippen LogP contribution in [0.3, 0.4) is 0 Å². The van der Waals surface area contributed by atoms with E-state index in [-0.39, 0.29) is 43.2 Å². The molecule has 1 saturated carbocycles. The number of allylic oxidation sites excluding steroid dienone is 4. The van der Waals surface area contributed by atoms with Crippen molar-refractivity contribution in [2.75, 3.05) is 0 Å². The van der Waals surface area contributed by atoms with Gasteiger partial charge in [-0.1, -0.05) is 25.7 Å². The minimum atomic E-state index is -5.07. The van der Waals surface area contributed by atoms with Crippen LogP contribution in [0.2, 0.25) is 0 Å². The summed E-state index contributed by atoms with van der Waals surface area (Å²) in [6, 6.07) is 0. The van der Waals surface area contributed by atoms with Gasteiger partial charge in [0.25, 0.3) is 0 Å². The third kappa shape index (κ3) is 34.5. The fraction of sp³-hybridized carbons (Fsp3) is 0.588. The number of rotatable bonds is 1. The zero-order valence-electron chi connectivity index (χ0n) is 14.4. The van der Waals surface area contributed by atoms with E-state index in [2.05, 4.69) is 12.8 Å². The Morgan fingerprint density at radius 1 is 0.885 bits per heavy atom. The number of carbonyl (C=O) groups excluding carboxylic acids is 1. The van der Waals surface area contributed by atoms with Crippen LogP contribution in [0.4, 0.5) is 26.3 Å². The van der Waals surface area contributed by atoms with Crippen molar-refractivity contribution < 1.29 is 55.7 Å². The largest absolute Gasteiger partial charge is 0.512 e. The van der Waals surface area contributed by atoms with Crippen molar-refractivity contribution in [3.05, 3.63) is 36.8 Å². The Balaban J connectivity index is -0.000000304. The van der Waals surface area contributed by atoms with Gasteiger partial charge in [0, 0.05) is 25.6 Å². The molecule has 1 fully saturated rings. The summed E-state index contributed by atoms with van der Waals surface area (Å²) in [7, 11) is 0. The second-order valence-electron chi connectivity index (χ2n) is 5.10. The van der Waals surface area contributed by atoms with Crippen LogP contribution in [0.15, 0.2) is 11.8 Å². The molecule has 153 valence electrons. The van der Waals surface area contributed by atoms with Gasteiger partial charge in [0.05, 0.1) is 17.9 Å². The van der Waals surface area contributed by atoms with Gasteiger partial charge < -0.3 is 5.11 Å². The molecule has 0 heterocycles. The van der Waals surface area contributed by atoms with Crippen LogP contribution >= 0.6 is 0 Å². The predicted octanol–water partition coefficient (Wildman–Crippen LogP) is 6.06. The molecule has 1 N–H and O–H groups in total. The van der Waals surface area contributed by atoms with Crippen LogP contribution in [-0.2, 0) is 24.3 Å². The molecule has 0 aromatic rings. The normalized spacial score (nSPS) is 16.1. The molecule has 1 aliphatic rings. The molecule has 26 heavy (non-hydrogen) atoms. The molecule has 2 nitrogen and oxygen atoms in total. The van der Waals surface area contributed by atoms with Crippen molar-refractivity contribution in [2.45, 2.75) is 64.7 Å². The fourth-order valence-electron chi connectivity index (χ4n) is 1.55. The number of hydrogen-bond donors (Lipinski definition) is 1. The summed E-state index contributed by atoms with van der Waals surface area (Å²) in [5.74, 6) is -0.0625. The first kappa shape index (κ1) is 29.9. The molecule has 5 radical (unpaired) electrons. The minimum Gasteiger partial charge on any atom is -0.512 e. The first-order valence-corrected chi connectivity index (χ1v) is 7.54. The van der Waals surface area contributed by atoms with Gasteiger partial charge in [-0.25, -0.2) is 0 Å². The number of ketones is 1. The number of hydrogen-bond acceptors (Lipinski definition) is 2. The van der Waals surface area contributed by atoms with Gasteiger partial charge >= 0.3 is 12.4 Å². The van der Waals surface area contributed by atoms with E-state index in [0.717, 1.165) is 0 Å². The maximum atomic E-state index is 10.9. The van der Waals surface area contributed by atoms with Gasteiger partial charge in [-0.3, -0.25) is 4.79 Å². The van der Waals surface area contributed by atoms with Crippen LogP contribution in [0.25, 0.3) is 0 Å². The molecule has 0 aliphatic heterocycles. The zero-order valence-corrected chi connectivity index (χ0v) is 16.1. The summed E-state index contributed by atoms with van der Waals surface area (Å²) >= 11 is 0. The number of aliphatic hydroxyl groups excluding tert-OH is 1. The summed E-state index contributed by atoms with van der Waals surface area (Å²) in [5, 5.41) is 8.36. The SMILES string of the molecule is CC(=O)/C=C(/C)O.FC(F)(F)[C]=[C]C(F)(F)F.[CH]1[CH]CCCCCC1.[Rh]. The Morgan fingerprint density at radius 3 is 1.42 bits per heavy atom. The molecular formula is C17H22F6O2Rh.